The molecule has 0 fully saturated rings. The van der Waals surface area contributed by atoms with E-state index in [1.165, 1.54) is 0 Å². The summed E-state index contributed by atoms with van der Waals surface area (Å²) in [5.74, 6) is -4.56. The van der Waals surface area contributed by atoms with E-state index in [0.717, 1.165) is 17.8 Å². The third-order valence-corrected chi connectivity index (χ3v) is 3.74. The Morgan fingerprint density at radius 1 is 1.23 bits per heavy atom. The Hall–Kier alpha value is -2.97. The zero-order valence-electron chi connectivity index (χ0n) is 14.7. The van der Waals surface area contributed by atoms with Gasteiger partial charge in [-0.2, -0.15) is 0 Å². The van der Waals surface area contributed by atoms with Gasteiger partial charge in [-0.3, -0.25) is 9.79 Å². The number of halogens is 3. The molecule has 0 aliphatic heterocycles. The molecule has 6 nitrogen and oxygen atoms in total. The molecule has 0 spiro atoms. The largest absolute Gasteiger partial charge is 0.353 e. The summed E-state index contributed by atoms with van der Waals surface area (Å²) in [6.45, 7) is 0.338. The van der Waals surface area contributed by atoms with E-state index in [0.29, 0.717) is 12.5 Å². The van der Waals surface area contributed by atoms with Crippen LogP contribution in [-0.4, -0.2) is 42.0 Å². The van der Waals surface area contributed by atoms with Crippen LogP contribution in [0.25, 0.3) is 0 Å². The summed E-state index contributed by atoms with van der Waals surface area (Å²) in [6.07, 6.45) is 1.92. The van der Waals surface area contributed by atoms with Crippen LogP contribution in [0, 0.1) is 17.5 Å². The van der Waals surface area contributed by atoms with Crippen LogP contribution in [0.3, 0.4) is 0 Å². The van der Waals surface area contributed by atoms with Crippen molar-refractivity contribution in [3.63, 3.8) is 0 Å². The van der Waals surface area contributed by atoms with Crippen LogP contribution in [0.4, 0.5) is 18.9 Å². The number of aliphatic imine (C=N–C) groups is 1. The fraction of sp³-hybridized carbons (Fsp3) is 0.294. The molecule has 0 unspecified atom stereocenters. The van der Waals surface area contributed by atoms with Crippen LogP contribution >= 0.6 is 0 Å². The molecule has 0 saturated carbocycles. The Labute approximate surface area is 149 Å². The smallest absolute Gasteiger partial charge is 0.243 e. The zero-order chi connectivity index (χ0) is 19.3. The number of nitrogens with zero attached hydrogens (tertiary/aromatic N) is 3. The Kier molecular flexibility index (Phi) is 6.26. The van der Waals surface area contributed by atoms with Gasteiger partial charge in [0, 0.05) is 33.0 Å². The molecule has 9 heteroatoms. The lowest BCUT2D eigenvalue weighted by Gasteiger charge is -2.22. The molecule has 0 saturated heterocycles. The van der Waals surface area contributed by atoms with Crippen molar-refractivity contribution in [2.45, 2.75) is 6.54 Å². The molecule has 2 rings (SSSR count). The van der Waals surface area contributed by atoms with Crippen molar-refractivity contribution >= 4 is 17.6 Å². The Balaban J connectivity index is 1.93. The van der Waals surface area contributed by atoms with Crippen molar-refractivity contribution in [2.75, 3.05) is 26.0 Å². The SMILES string of the molecule is CN=C(NCC(=O)Nc1ccc(F)c(F)c1F)N(C)Cc1cccn1C. The molecule has 2 aromatic rings. The van der Waals surface area contributed by atoms with Crippen LogP contribution in [-0.2, 0) is 18.4 Å². The van der Waals surface area contributed by atoms with Crippen molar-refractivity contribution in [3.05, 3.63) is 53.6 Å². The fourth-order valence-corrected chi connectivity index (χ4v) is 2.34. The first-order valence-corrected chi connectivity index (χ1v) is 7.78. The van der Waals surface area contributed by atoms with Crippen LogP contribution in [0.15, 0.2) is 35.5 Å². The highest BCUT2D eigenvalue weighted by Gasteiger charge is 2.16. The van der Waals surface area contributed by atoms with E-state index in [9.17, 15) is 18.0 Å². The maximum Gasteiger partial charge on any atom is 0.243 e. The Morgan fingerprint density at radius 2 is 1.96 bits per heavy atom. The number of hydrogen-bond acceptors (Lipinski definition) is 2. The number of aromatic nitrogens is 1. The summed E-state index contributed by atoms with van der Waals surface area (Å²) in [6, 6.07) is 5.58. The van der Waals surface area contributed by atoms with Gasteiger partial charge in [0.05, 0.1) is 18.8 Å². The molecule has 0 aliphatic rings. The van der Waals surface area contributed by atoms with Gasteiger partial charge in [0.25, 0.3) is 0 Å². The van der Waals surface area contributed by atoms with Crippen LogP contribution in [0.1, 0.15) is 5.69 Å². The van der Waals surface area contributed by atoms with Gasteiger partial charge in [-0.1, -0.05) is 0 Å². The number of carbonyl (C=O) groups is 1. The van der Waals surface area contributed by atoms with E-state index in [1.807, 2.05) is 29.9 Å². The van der Waals surface area contributed by atoms with E-state index in [1.54, 1.807) is 19.0 Å². The van der Waals surface area contributed by atoms with Gasteiger partial charge in [-0.15, -0.1) is 0 Å². The topological polar surface area (TPSA) is 61.7 Å². The van der Waals surface area contributed by atoms with Crippen molar-refractivity contribution in [1.82, 2.24) is 14.8 Å². The molecular formula is C17H20F3N5O. The first kappa shape index (κ1) is 19.4. The minimum absolute atomic E-state index is 0.220. The number of amides is 1. The van der Waals surface area contributed by atoms with Gasteiger partial charge in [-0.05, 0) is 24.3 Å². The van der Waals surface area contributed by atoms with E-state index < -0.39 is 29.0 Å². The second kappa shape index (κ2) is 8.41. The number of carbonyl (C=O) groups excluding carboxylic acids is 1. The summed E-state index contributed by atoms with van der Waals surface area (Å²) in [5.41, 5.74) is 0.617. The van der Waals surface area contributed by atoms with E-state index in [4.69, 9.17) is 0 Å². The van der Waals surface area contributed by atoms with E-state index in [-0.39, 0.29) is 6.54 Å². The second-order valence-electron chi connectivity index (χ2n) is 5.64. The molecule has 1 aromatic carbocycles. The average molecular weight is 367 g/mol. The third-order valence-electron chi connectivity index (χ3n) is 3.74. The minimum atomic E-state index is -1.63. The van der Waals surface area contributed by atoms with E-state index >= 15 is 0 Å². The molecule has 0 bridgehead atoms. The molecule has 26 heavy (non-hydrogen) atoms. The number of nitrogens with one attached hydrogen (secondary N) is 2. The molecule has 1 amide bonds. The molecule has 2 N–H and O–H groups in total. The highest BCUT2D eigenvalue weighted by atomic mass is 19.2. The van der Waals surface area contributed by atoms with Gasteiger partial charge < -0.3 is 20.1 Å². The normalized spacial score (nSPS) is 11.4. The highest BCUT2D eigenvalue weighted by Crippen LogP contribution is 2.19. The number of hydrogen-bond donors (Lipinski definition) is 2. The number of rotatable bonds is 5. The molecule has 0 atom stereocenters. The van der Waals surface area contributed by atoms with Crippen molar-refractivity contribution in [1.29, 1.82) is 0 Å². The highest BCUT2D eigenvalue weighted by molar-refractivity contribution is 5.95. The van der Waals surface area contributed by atoms with Gasteiger partial charge >= 0.3 is 0 Å². The predicted molar refractivity (Wildman–Crippen MR) is 93.2 cm³/mol. The molecule has 0 radical (unpaired) electrons. The lowest BCUT2D eigenvalue weighted by Crippen LogP contribution is -2.42. The van der Waals surface area contributed by atoms with Gasteiger partial charge in [0.2, 0.25) is 5.91 Å². The monoisotopic (exact) mass is 367 g/mol. The molecule has 0 aliphatic carbocycles. The van der Waals surface area contributed by atoms with Gasteiger partial charge in [0.15, 0.2) is 23.4 Å². The van der Waals surface area contributed by atoms with Crippen LogP contribution in [0.2, 0.25) is 0 Å². The van der Waals surface area contributed by atoms with Gasteiger partial charge in [-0.25, -0.2) is 13.2 Å². The maximum atomic E-state index is 13.6. The van der Waals surface area contributed by atoms with Crippen molar-refractivity contribution in [3.8, 4) is 0 Å². The summed E-state index contributed by atoms with van der Waals surface area (Å²) in [7, 11) is 5.29. The summed E-state index contributed by atoms with van der Waals surface area (Å²) in [4.78, 5) is 17.8. The standard InChI is InChI=1S/C17H20F3N5O/c1-21-17(25(3)10-11-5-4-8-24(11)2)22-9-14(26)23-13-7-6-12(18)15(19)16(13)20/h4-8H,9-10H2,1-3H3,(H,21,22)(H,23,26). The molecular weight excluding hydrogens is 347 g/mol. The van der Waals surface area contributed by atoms with Crippen LogP contribution < -0.4 is 10.6 Å². The minimum Gasteiger partial charge on any atom is -0.353 e. The summed E-state index contributed by atoms with van der Waals surface area (Å²) in [5, 5.41) is 5.02. The Morgan fingerprint density at radius 3 is 2.58 bits per heavy atom. The van der Waals surface area contributed by atoms with Crippen molar-refractivity contribution in [2.24, 2.45) is 12.0 Å². The quantitative estimate of drug-likeness (QED) is 0.483. The number of guanidine groups is 1. The van der Waals surface area contributed by atoms with E-state index in [2.05, 4.69) is 15.6 Å². The maximum absolute atomic E-state index is 13.6. The second-order valence-corrected chi connectivity index (χ2v) is 5.64. The molecule has 1 aromatic heterocycles. The lowest BCUT2D eigenvalue weighted by atomic mass is 10.2. The van der Waals surface area contributed by atoms with Crippen molar-refractivity contribution < 1.29 is 18.0 Å². The lowest BCUT2D eigenvalue weighted by molar-refractivity contribution is -0.115. The zero-order valence-corrected chi connectivity index (χ0v) is 14.7. The predicted octanol–water partition coefficient (Wildman–Crippen LogP) is 2.09. The molecule has 1 heterocycles. The number of benzene rings is 1. The summed E-state index contributed by atoms with van der Waals surface area (Å²) >= 11 is 0. The average Bonchev–Trinajstić information content (AvgIpc) is 3.01. The molecule has 140 valence electrons. The first-order chi connectivity index (χ1) is 12.3. The number of aryl methyl sites for hydroxylation is 1. The number of anilines is 1. The van der Waals surface area contributed by atoms with Crippen LogP contribution in [0.5, 0.6) is 0 Å². The van der Waals surface area contributed by atoms with Gasteiger partial charge in [0.1, 0.15) is 0 Å². The summed E-state index contributed by atoms with van der Waals surface area (Å²) < 4.78 is 41.6. The third kappa shape index (κ3) is 4.56. The first-order valence-electron chi connectivity index (χ1n) is 7.78. The Bertz CT molecular complexity index is 819. The fourth-order valence-electron chi connectivity index (χ4n) is 2.34.